The van der Waals surface area contributed by atoms with Gasteiger partial charge in [-0.3, -0.25) is 10.1 Å². The minimum Gasteiger partial charge on any atom is -0.393 e. The molecule has 1 saturated heterocycles. The lowest BCUT2D eigenvalue weighted by molar-refractivity contribution is -0.383. The summed E-state index contributed by atoms with van der Waals surface area (Å²) < 4.78 is 5.44. The number of rotatable bonds is 4. The van der Waals surface area contributed by atoms with Crippen molar-refractivity contribution >= 4 is 17.1 Å². The van der Waals surface area contributed by atoms with Crippen LogP contribution in [0.4, 0.5) is 17.1 Å². The van der Waals surface area contributed by atoms with Crippen LogP contribution in [0.3, 0.4) is 0 Å². The second kappa shape index (κ2) is 5.01. The van der Waals surface area contributed by atoms with Gasteiger partial charge in [0.15, 0.2) is 0 Å². The quantitative estimate of drug-likeness (QED) is 0.473. The molecule has 0 radical (unpaired) electrons. The van der Waals surface area contributed by atoms with Crippen molar-refractivity contribution in [3.63, 3.8) is 0 Å². The van der Waals surface area contributed by atoms with E-state index in [1.54, 1.807) is 12.1 Å². The van der Waals surface area contributed by atoms with E-state index in [4.69, 9.17) is 10.5 Å². The molecule has 1 unspecified atom stereocenters. The molecular weight excluding hydrogens is 222 g/mol. The zero-order valence-corrected chi connectivity index (χ0v) is 9.39. The van der Waals surface area contributed by atoms with Crippen molar-refractivity contribution in [1.29, 1.82) is 0 Å². The molecule has 0 saturated carbocycles. The predicted octanol–water partition coefficient (Wildman–Crippen LogP) is 1.77. The number of nitrogens with zero attached hydrogens (tertiary/aromatic N) is 1. The lowest BCUT2D eigenvalue weighted by atomic mass is 10.2. The van der Waals surface area contributed by atoms with Gasteiger partial charge in [-0.25, -0.2) is 0 Å². The predicted molar refractivity (Wildman–Crippen MR) is 65.0 cm³/mol. The lowest BCUT2D eigenvalue weighted by Crippen LogP contribution is -2.19. The van der Waals surface area contributed by atoms with Crippen molar-refractivity contribution in [2.24, 2.45) is 0 Å². The van der Waals surface area contributed by atoms with E-state index in [9.17, 15) is 10.1 Å². The zero-order valence-electron chi connectivity index (χ0n) is 9.39. The number of nitrogens with two attached hydrogens (primary N) is 1. The number of nitro groups is 1. The number of nitrogens with one attached hydrogen (secondary N) is 1. The fourth-order valence-corrected chi connectivity index (χ4v) is 1.94. The molecule has 0 aromatic heterocycles. The van der Waals surface area contributed by atoms with E-state index in [0.717, 1.165) is 19.4 Å². The zero-order chi connectivity index (χ0) is 12.3. The smallest absolute Gasteiger partial charge is 0.314 e. The van der Waals surface area contributed by atoms with Crippen LogP contribution in [0.2, 0.25) is 0 Å². The maximum atomic E-state index is 10.9. The van der Waals surface area contributed by atoms with Crippen molar-refractivity contribution < 1.29 is 9.66 Å². The minimum absolute atomic E-state index is 0.0644. The fraction of sp³-hybridized carbons (Fsp3) is 0.455. The number of nitrogen functional groups attached to an aromatic ring is 1. The second-order valence-corrected chi connectivity index (χ2v) is 4.02. The summed E-state index contributed by atoms with van der Waals surface area (Å²) in [4.78, 5) is 10.4. The highest BCUT2D eigenvalue weighted by Gasteiger charge is 2.20. The lowest BCUT2D eigenvalue weighted by Gasteiger charge is -2.12. The third-order valence-corrected chi connectivity index (χ3v) is 2.79. The number of hydrogen-bond acceptors (Lipinski definition) is 5. The van der Waals surface area contributed by atoms with E-state index in [1.165, 1.54) is 6.07 Å². The number of anilines is 2. The number of benzene rings is 1. The summed E-state index contributed by atoms with van der Waals surface area (Å²) in [7, 11) is 0. The molecule has 6 nitrogen and oxygen atoms in total. The summed E-state index contributed by atoms with van der Waals surface area (Å²) in [6, 6.07) is 4.87. The molecule has 6 heteroatoms. The van der Waals surface area contributed by atoms with E-state index in [1.807, 2.05) is 0 Å². The van der Waals surface area contributed by atoms with Crippen LogP contribution in [0.5, 0.6) is 0 Å². The molecule has 1 aromatic carbocycles. The first kappa shape index (κ1) is 11.7. The Bertz CT molecular complexity index is 416. The number of nitro benzene ring substituents is 1. The van der Waals surface area contributed by atoms with Gasteiger partial charge >= 0.3 is 5.69 Å². The van der Waals surface area contributed by atoms with Crippen molar-refractivity contribution in [3.05, 3.63) is 28.3 Å². The van der Waals surface area contributed by atoms with E-state index >= 15 is 0 Å². The summed E-state index contributed by atoms with van der Waals surface area (Å²) in [6.45, 7) is 1.34. The van der Waals surface area contributed by atoms with Gasteiger partial charge in [0.05, 0.1) is 11.0 Å². The van der Waals surface area contributed by atoms with Crippen LogP contribution in [0.1, 0.15) is 12.8 Å². The summed E-state index contributed by atoms with van der Waals surface area (Å²) in [5.41, 5.74) is 6.15. The highest BCUT2D eigenvalue weighted by atomic mass is 16.6. The van der Waals surface area contributed by atoms with E-state index in [2.05, 4.69) is 5.32 Å². The SMILES string of the molecule is Nc1cccc(NCC2CCCO2)c1[N+](=O)[O-]. The van der Waals surface area contributed by atoms with Gasteiger partial charge in [-0.2, -0.15) is 0 Å². The standard InChI is InChI=1S/C11H15N3O3/c12-9-4-1-5-10(11(9)14(15)16)13-7-8-3-2-6-17-8/h1,4-5,8,13H,2-3,6-7,12H2. The molecule has 1 aliphatic heterocycles. The van der Waals surface area contributed by atoms with Crippen LogP contribution in [-0.2, 0) is 4.74 Å². The Hall–Kier alpha value is -1.82. The molecule has 1 atom stereocenters. The maximum Gasteiger partial charge on any atom is 0.314 e. The molecule has 1 aromatic rings. The van der Waals surface area contributed by atoms with Crippen molar-refractivity contribution in [2.75, 3.05) is 24.2 Å². The first-order valence-electron chi connectivity index (χ1n) is 5.57. The van der Waals surface area contributed by atoms with Crippen LogP contribution in [0.15, 0.2) is 18.2 Å². The highest BCUT2D eigenvalue weighted by Crippen LogP contribution is 2.30. The highest BCUT2D eigenvalue weighted by molar-refractivity contribution is 5.74. The first-order chi connectivity index (χ1) is 8.18. The van der Waals surface area contributed by atoms with E-state index < -0.39 is 4.92 Å². The Morgan fingerprint density at radius 3 is 3.06 bits per heavy atom. The van der Waals surface area contributed by atoms with Crippen LogP contribution < -0.4 is 11.1 Å². The molecule has 3 N–H and O–H groups in total. The van der Waals surface area contributed by atoms with Gasteiger partial charge in [0.25, 0.3) is 0 Å². The topological polar surface area (TPSA) is 90.4 Å². The molecule has 92 valence electrons. The van der Waals surface area contributed by atoms with Crippen LogP contribution >= 0.6 is 0 Å². The molecule has 1 fully saturated rings. The Balaban J connectivity index is 2.09. The second-order valence-electron chi connectivity index (χ2n) is 4.02. The molecule has 0 amide bonds. The summed E-state index contributed by atoms with van der Waals surface area (Å²) >= 11 is 0. The van der Waals surface area contributed by atoms with Gasteiger partial charge in [0.2, 0.25) is 0 Å². The molecule has 1 aliphatic rings. The average molecular weight is 237 g/mol. The van der Waals surface area contributed by atoms with Crippen molar-refractivity contribution in [2.45, 2.75) is 18.9 Å². The van der Waals surface area contributed by atoms with Crippen LogP contribution in [0.25, 0.3) is 0 Å². The Morgan fingerprint density at radius 1 is 1.59 bits per heavy atom. The third kappa shape index (κ3) is 2.65. The molecule has 2 rings (SSSR count). The van der Waals surface area contributed by atoms with Gasteiger partial charge in [0.1, 0.15) is 11.4 Å². The van der Waals surface area contributed by atoms with Crippen molar-refractivity contribution in [1.82, 2.24) is 0 Å². The Kier molecular flexibility index (Phi) is 3.43. The monoisotopic (exact) mass is 237 g/mol. The van der Waals surface area contributed by atoms with Crippen molar-refractivity contribution in [3.8, 4) is 0 Å². The molecular formula is C11H15N3O3. The largest absolute Gasteiger partial charge is 0.393 e. The van der Waals surface area contributed by atoms with Crippen LogP contribution in [0, 0.1) is 10.1 Å². The number of ether oxygens (including phenoxy) is 1. The normalized spacial score (nSPS) is 19.2. The minimum atomic E-state index is -0.465. The molecule has 17 heavy (non-hydrogen) atoms. The summed E-state index contributed by atoms with van der Waals surface area (Å²) in [6.07, 6.45) is 2.17. The summed E-state index contributed by atoms with van der Waals surface area (Å²) in [5.74, 6) is 0. The molecule has 0 aliphatic carbocycles. The summed E-state index contributed by atoms with van der Waals surface area (Å²) in [5, 5.41) is 13.9. The third-order valence-electron chi connectivity index (χ3n) is 2.79. The fourth-order valence-electron chi connectivity index (χ4n) is 1.94. The van der Waals surface area contributed by atoms with E-state index in [0.29, 0.717) is 12.2 Å². The molecule has 0 bridgehead atoms. The average Bonchev–Trinajstić information content (AvgIpc) is 2.78. The number of para-hydroxylation sites is 1. The van der Waals surface area contributed by atoms with Gasteiger partial charge < -0.3 is 15.8 Å². The van der Waals surface area contributed by atoms with Gasteiger partial charge in [-0.05, 0) is 25.0 Å². The van der Waals surface area contributed by atoms with Gasteiger partial charge in [-0.15, -0.1) is 0 Å². The van der Waals surface area contributed by atoms with Gasteiger partial charge in [0, 0.05) is 13.2 Å². The van der Waals surface area contributed by atoms with E-state index in [-0.39, 0.29) is 17.5 Å². The first-order valence-corrected chi connectivity index (χ1v) is 5.57. The molecule has 0 spiro atoms. The Morgan fingerprint density at radius 2 is 2.41 bits per heavy atom. The number of hydrogen-bond donors (Lipinski definition) is 2. The maximum absolute atomic E-state index is 10.9. The molecule has 1 heterocycles. The van der Waals surface area contributed by atoms with Gasteiger partial charge in [-0.1, -0.05) is 6.07 Å². The van der Waals surface area contributed by atoms with Crippen LogP contribution in [-0.4, -0.2) is 24.2 Å². The Labute approximate surface area is 98.9 Å².